The first-order valence-corrected chi connectivity index (χ1v) is 19.0. The van der Waals surface area contributed by atoms with Crippen LogP contribution in [0.5, 0.6) is 0 Å². The monoisotopic (exact) mass is 697 g/mol. The molecule has 3 nitrogen and oxygen atoms in total. The first kappa shape index (κ1) is 29.1. The van der Waals surface area contributed by atoms with E-state index in [2.05, 4.69) is 202 Å². The van der Waals surface area contributed by atoms with E-state index < -0.39 is 0 Å². The number of nitrogens with zero attached hydrogens (tertiary/aromatic N) is 3. The molecular formula is C52H31N3. The van der Waals surface area contributed by atoms with Crippen LogP contribution in [0.3, 0.4) is 0 Å². The largest absolute Gasteiger partial charge is 0.309 e. The van der Waals surface area contributed by atoms with Gasteiger partial charge in [0.15, 0.2) is 0 Å². The number of hydrogen-bond donors (Lipinski definition) is 0. The molecule has 0 amide bonds. The Morgan fingerprint density at radius 3 is 1.55 bits per heavy atom. The Kier molecular flexibility index (Phi) is 5.63. The predicted octanol–water partition coefficient (Wildman–Crippen LogP) is 13.9. The summed E-state index contributed by atoms with van der Waals surface area (Å²) in [6.07, 6.45) is 0. The maximum atomic E-state index is 2.48. The van der Waals surface area contributed by atoms with Crippen molar-refractivity contribution in [1.29, 1.82) is 0 Å². The highest BCUT2D eigenvalue weighted by molar-refractivity contribution is 6.29. The molecule has 9 aromatic carbocycles. The summed E-state index contributed by atoms with van der Waals surface area (Å²) < 4.78 is 7.43. The molecule has 0 radical (unpaired) electrons. The number of hydrogen-bond acceptors (Lipinski definition) is 0. The van der Waals surface area contributed by atoms with Crippen LogP contribution in [0, 0.1) is 0 Å². The number of rotatable bonds is 3. The minimum Gasteiger partial charge on any atom is -0.309 e. The van der Waals surface area contributed by atoms with E-state index in [4.69, 9.17) is 0 Å². The second-order valence-corrected chi connectivity index (χ2v) is 14.9. The Morgan fingerprint density at radius 2 is 0.836 bits per heavy atom. The number of para-hydroxylation sites is 4. The van der Waals surface area contributed by atoms with E-state index in [0.29, 0.717) is 0 Å². The lowest BCUT2D eigenvalue weighted by Crippen LogP contribution is -1.96. The number of aromatic nitrogens is 3. The van der Waals surface area contributed by atoms with Crippen LogP contribution in [-0.4, -0.2) is 13.5 Å². The highest BCUT2D eigenvalue weighted by Crippen LogP contribution is 2.45. The van der Waals surface area contributed by atoms with Gasteiger partial charge < -0.3 is 13.5 Å². The Labute approximate surface area is 315 Å². The normalized spacial score (nSPS) is 12.4. The molecule has 0 saturated carbocycles. The third-order valence-corrected chi connectivity index (χ3v) is 12.1. The molecule has 254 valence electrons. The van der Waals surface area contributed by atoms with Crippen LogP contribution in [0.25, 0.3) is 115 Å². The zero-order chi connectivity index (χ0) is 35.8. The van der Waals surface area contributed by atoms with E-state index in [9.17, 15) is 0 Å². The van der Waals surface area contributed by atoms with Gasteiger partial charge in [-0.25, -0.2) is 0 Å². The van der Waals surface area contributed by atoms with Crippen molar-refractivity contribution in [3.8, 4) is 22.5 Å². The van der Waals surface area contributed by atoms with E-state index >= 15 is 0 Å². The lowest BCUT2D eigenvalue weighted by atomic mass is 9.97. The van der Waals surface area contributed by atoms with Crippen molar-refractivity contribution in [1.82, 2.24) is 13.5 Å². The van der Waals surface area contributed by atoms with E-state index in [0.717, 1.165) is 11.4 Å². The molecule has 0 bridgehead atoms. The number of fused-ring (bicyclic) bond motifs is 14. The molecule has 4 heterocycles. The summed E-state index contributed by atoms with van der Waals surface area (Å²) in [4.78, 5) is 0. The summed E-state index contributed by atoms with van der Waals surface area (Å²) in [5.74, 6) is 0. The van der Waals surface area contributed by atoms with Gasteiger partial charge in [0.1, 0.15) is 0 Å². The molecule has 4 aromatic heterocycles. The summed E-state index contributed by atoms with van der Waals surface area (Å²) in [5, 5.41) is 12.8. The van der Waals surface area contributed by atoms with Crippen LogP contribution in [0.2, 0.25) is 0 Å². The maximum Gasteiger partial charge on any atom is 0.0620 e. The highest BCUT2D eigenvalue weighted by atomic mass is 15.0. The summed E-state index contributed by atoms with van der Waals surface area (Å²) >= 11 is 0. The quantitative estimate of drug-likeness (QED) is 0.175. The molecule has 0 spiro atoms. The van der Waals surface area contributed by atoms with Gasteiger partial charge >= 0.3 is 0 Å². The van der Waals surface area contributed by atoms with Gasteiger partial charge in [0.2, 0.25) is 0 Å². The molecule has 0 fully saturated rings. The van der Waals surface area contributed by atoms with Crippen molar-refractivity contribution < 1.29 is 0 Å². The third kappa shape index (κ3) is 3.79. The van der Waals surface area contributed by atoms with Gasteiger partial charge in [-0.1, -0.05) is 133 Å². The second-order valence-electron chi connectivity index (χ2n) is 14.9. The first-order valence-electron chi connectivity index (χ1n) is 19.0. The summed E-state index contributed by atoms with van der Waals surface area (Å²) in [5.41, 5.74) is 13.4. The highest BCUT2D eigenvalue weighted by Gasteiger charge is 2.23. The Bertz CT molecular complexity index is 3710. The molecule has 0 aliphatic heterocycles. The van der Waals surface area contributed by atoms with Gasteiger partial charge in [-0.15, -0.1) is 0 Å². The molecule has 0 saturated heterocycles. The Balaban J connectivity index is 1.13. The maximum absolute atomic E-state index is 2.48. The van der Waals surface area contributed by atoms with Crippen molar-refractivity contribution >= 4 is 92.5 Å². The summed E-state index contributed by atoms with van der Waals surface area (Å²) in [7, 11) is 0. The second kappa shape index (κ2) is 10.6. The van der Waals surface area contributed by atoms with Gasteiger partial charge in [-0.2, -0.15) is 0 Å². The molecule has 55 heavy (non-hydrogen) atoms. The van der Waals surface area contributed by atoms with Gasteiger partial charge in [0.25, 0.3) is 0 Å². The van der Waals surface area contributed by atoms with Crippen molar-refractivity contribution in [2.24, 2.45) is 0 Å². The smallest absolute Gasteiger partial charge is 0.0620 e. The molecule has 0 aliphatic carbocycles. The molecule has 0 aliphatic rings. The van der Waals surface area contributed by atoms with Crippen molar-refractivity contribution in [2.75, 3.05) is 0 Å². The van der Waals surface area contributed by atoms with Gasteiger partial charge in [0.05, 0.1) is 38.6 Å². The summed E-state index contributed by atoms with van der Waals surface area (Å²) in [6.45, 7) is 0. The topological polar surface area (TPSA) is 14.3 Å². The average molecular weight is 698 g/mol. The first-order chi connectivity index (χ1) is 27.3. The lowest BCUT2D eigenvalue weighted by Gasteiger charge is -2.14. The zero-order valence-corrected chi connectivity index (χ0v) is 29.7. The Hall–Kier alpha value is -7.36. The van der Waals surface area contributed by atoms with Crippen LogP contribution in [-0.2, 0) is 0 Å². The molecule has 0 unspecified atom stereocenters. The van der Waals surface area contributed by atoms with Crippen LogP contribution < -0.4 is 0 Å². The van der Waals surface area contributed by atoms with Crippen LogP contribution in [0.4, 0.5) is 0 Å². The van der Waals surface area contributed by atoms with Crippen molar-refractivity contribution in [3.63, 3.8) is 0 Å². The fraction of sp³-hybridized carbons (Fsp3) is 0. The minimum atomic E-state index is 1.16. The fourth-order valence-corrected chi connectivity index (χ4v) is 9.91. The van der Waals surface area contributed by atoms with Crippen LogP contribution in [0.1, 0.15) is 0 Å². The van der Waals surface area contributed by atoms with Gasteiger partial charge in [-0.05, 0) is 76.5 Å². The van der Waals surface area contributed by atoms with E-state index in [1.54, 1.807) is 0 Å². The van der Waals surface area contributed by atoms with E-state index in [-0.39, 0.29) is 0 Å². The number of benzene rings is 9. The average Bonchev–Trinajstić information content (AvgIpc) is 3.98. The predicted molar refractivity (Wildman–Crippen MR) is 233 cm³/mol. The SMILES string of the molecule is c1ccc(-c2cc(-n3c4ccccc4c4c5c6ccccc6n(-c6ccc7c8cccc9c%10ccccc%10n(c7c6)c98)c5ccc43)cc3ccccc23)cc1. The van der Waals surface area contributed by atoms with Gasteiger partial charge in [0, 0.05) is 54.5 Å². The third-order valence-electron chi connectivity index (χ3n) is 12.1. The molecule has 0 N–H and O–H groups in total. The standard InChI is InChI=1S/C52H31N3/c1-2-13-32(14-3-1)43-30-35(29-33-15-4-5-16-36(33)43)54-46-24-11-8-19-42(46)51-48(54)28-27-47-50(51)41-18-7-10-23-45(41)53(47)34-25-26-38-40-21-12-20-39-37-17-6-9-22-44(37)55(52(39)40)49(38)31-34/h1-31H. The van der Waals surface area contributed by atoms with E-state index in [1.165, 1.54) is 104 Å². The molecule has 13 aromatic rings. The molecule has 13 rings (SSSR count). The molecule has 0 atom stereocenters. The summed E-state index contributed by atoms with van der Waals surface area (Å²) in [6, 6.07) is 69.4. The van der Waals surface area contributed by atoms with Crippen molar-refractivity contribution in [3.05, 3.63) is 188 Å². The van der Waals surface area contributed by atoms with Crippen LogP contribution >= 0.6 is 0 Å². The minimum absolute atomic E-state index is 1.16. The van der Waals surface area contributed by atoms with Crippen LogP contribution in [0.15, 0.2) is 188 Å². The Morgan fingerprint density at radius 1 is 0.291 bits per heavy atom. The fourth-order valence-electron chi connectivity index (χ4n) is 9.91. The van der Waals surface area contributed by atoms with Crippen molar-refractivity contribution in [2.45, 2.75) is 0 Å². The molecular weight excluding hydrogens is 667 g/mol. The van der Waals surface area contributed by atoms with Gasteiger partial charge in [-0.3, -0.25) is 0 Å². The molecule has 3 heteroatoms. The van der Waals surface area contributed by atoms with E-state index in [1.807, 2.05) is 0 Å². The zero-order valence-electron chi connectivity index (χ0n) is 29.7. The lowest BCUT2D eigenvalue weighted by molar-refractivity contribution is 1.17.